The highest BCUT2D eigenvalue weighted by atomic mass is 79.9. The quantitative estimate of drug-likeness (QED) is 0.168. The summed E-state index contributed by atoms with van der Waals surface area (Å²) in [6.45, 7) is 0. The molecule has 0 saturated heterocycles. The average molecular weight is 624 g/mol. The summed E-state index contributed by atoms with van der Waals surface area (Å²) < 4.78 is 15.1. The predicted molar refractivity (Wildman–Crippen MR) is 160 cm³/mol. The van der Waals surface area contributed by atoms with E-state index in [1.165, 1.54) is 70.3 Å². The molecular weight excluding hydrogens is 600 g/mol. The van der Waals surface area contributed by atoms with Gasteiger partial charge in [0, 0.05) is 35.9 Å². The molecule has 4 bridgehead atoms. The minimum absolute atomic E-state index is 0.0823. The van der Waals surface area contributed by atoms with E-state index in [0.29, 0.717) is 11.8 Å². The zero-order valence-electron chi connectivity index (χ0n) is 20.7. The Labute approximate surface area is 236 Å². The third-order valence-electron chi connectivity index (χ3n) is 10.8. The van der Waals surface area contributed by atoms with Gasteiger partial charge in [-0.3, -0.25) is 0 Å². The van der Waals surface area contributed by atoms with Crippen LogP contribution in [0.2, 0.25) is 0 Å². The topological polar surface area (TPSA) is 26.3 Å². The Morgan fingerprint density at radius 3 is 1.66 bits per heavy atom. The molecule has 38 heavy (non-hydrogen) atoms. The molecule has 2 nitrogen and oxygen atoms in total. The van der Waals surface area contributed by atoms with Gasteiger partial charge in [0.2, 0.25) is 0 Å². The fourth-order valence-corrected chi connectivity index (χ4v) is 10.4. The standard InChI is InChI=1S/C34H24Br2O2/c35-20-1-3-22-26-12-24-25-14-32-27(23-4-2-21(36)11-31(23)37-32)13-28(25)34(29(24)15-33(26)38-30(22)10-20)18-6-16-5-17(8-18)9-19(34)7-16/h1-4,10-19H,5-9H2. The third kappa shape index (κ3) is 2.47. The smallest absolute Gasteiger partial charge is 0.136 e. The second-order valence-electron chi connectivity index (χ2n) is 12.4. The molecule has 0 N–H and O–H groups in total. The van der Waals surface area contributed by atoms with E-state index in [1.807, 2.05) is 0 Å². The Hall–Kier alpha value is -2.56. The summed E-state index contributed by atoms with van der Waals surface area (Å²) in [5.41, 5.74) is 9.86. The van der Waals surface area contributed by atoms with Crippen molar-refractivity contribution in [3.8, 4) is 11.1 Å². The summed E-state index contributed by atoms with van der Waals surface area (Å²) in [5.74, 6) is 3.25. The van der Waals surface area contributed by atoms with Gasteiger partial charge in [-0.15, -0.1) is 0 Å². The first-order valence-corrected chi connectivity index (χ1v) is 15.5. The van der Waals surface area contributed by atoms with Crippen molar-refractivity contribution in [1.29, 1.82) is 0 Å². The minimum Gasteiger partial charge on any atom is -0.456 e. The van der Waals surface area contributed by atoms with Gasteiger partial charge in [0.05, 0.1) is 0 Å². The van der Waals surface area contributed by atoms with E-state index in [0.717, 1.165) is 43.1 Å². The lowest BCUT2D eigenvalue weighted by Gasteiger charge is -2.61. The monoisotopic (exact) mass is 622 g/mol. The molecule has 0 unspecified atom stereocenters. The summed E-state index contributed by atoms with van der Waals surface area (Å²) in [6.07, 6.45) is 6.94. The van der Waals surface area contributed by atoms with Gasteiger partial charge in [-0.1, -0.05) is 31.9 Å². The molecule has 2 heterocycles. The lowest BCUT2D eigenvalue weighted by Crippen LogP contribution is -2.55. The van der Waals surface area contributed by atoms with Gasteiger partial charge in [-0.05, 0) is 139 Å². The molecule has 11 rings (SSSR count). The van der Waals surface area contributed by atoms with Gasteiger partial charge in [-0.2, -0.15) is 0 Å². The van der Waals surface area contributed by atoms with Crippen molar-refractivity contribution in [2.45, 2.75) is 37.5 Å². The SMILES string of the molecule is Brc1ccc2c(c1)oc1cc3c(cc12)-c1cc2oc4cc(Br)ccc4c2cc1C31C2CC3CC(C2)CC1C3. The first-order valence-electron chi connectivity index (χ1n) is 13.9. The lowest BCUT2D eigenvalue weighted by atomic mass is 9.43. The maximum Gasteiger partial charge on any atom is 0.136 e. The van der Waals surface area contributed by atoms with Crippen LogP contribution in [0.5, 0.6) is 0 Å². The molecule has 0 amide bonds. The molecule has 0 radical (unpaired) electrons. The van der Waals surface area contributed by atoms with E-state index in [9.17, 15) is 0 Å². The minimum atomic E-state index is 0.0823. The predicted octanol–water partition coefficient (Wildman–Crippen LogP) is 10.7. The fourth-order valence-electron chi connectivity index (χ4n) is 9.68. The number of benzene rings is 4. The molecular formula is C34H24Br2O2. The van der Waals surface area contributed by atoms with E-state index in [-0.39, 0.29) is 5.41 Å². The molecule has 0 atom stereocenters. The number of rotatable bonds is 0. The molecule has 4 aromatic carbocycles. The van der Waals surface area contributed by atoms with Gasteiger partial charge >= 0.3 is 0 Å². The number of fused-ring (bicyclic) bond motifs is 9. The first kappa shape index (κ1) is 21.3. The van der Waals surface area contributed by atoms with E-state index >= 15 is 0 Å². The molecule has 6 aromatic rings. The van der Waals surface area contributed by atoms with Crippen LogP contribution in [-0.4, -0.2) is 0 Å². The number of hydrogen-bond acceptors (Lipinski definition) is 2. The van der Waals surface area contributed by atoms with Crippen LogP contribution in [0, 0.1) is 23.7 Å². The molecule has 4 fully saturated rings. The number of halogens is 2. The average Bonchev–Trinajstić information content (AvgIpc) is 3.51. The highest BCUT2D eigenvalue weighted by molar-refractivity contribution is 9.10. The van der Waals surface area contributed by atoms with Gasteiger partial charge in [0.1, 0.15) is 22.3 Å². The highest BCUT2D eigenvalue weighted by Gasteiger charge is 2.61. The maximum absolute atomic E-state index is 6.52. The van der Waals surface area contributed by atoms with Crippen molar-refractivity contribution in [2.75, 3.05) is 0 Å². The molecule has 186 valence electrons. The Morgan fingerprint density at radius 2 is 1.03 bits per heavy atom. The van der Waals surface area contributed by atoms with Crippen molar-refractivity contribution in [3.05, 3.63) is 80.7 Å². The van der Waals surface area contributed by atoms with Crippen LogP contribution in [0.15, 0.2) is 78.4 Å². The van der Waals surface area contributed by atoms with Crippen LogP contribution in [0.25, 0.3) is 55.0 Å². The Bertz CT molecular complexity index is 2000. The van der Waals surface area contributed by atoms with Crippen molar-refractivity contribution in [3.63, 3.8) is 0 Å². The van der Waals surface area contributed by atoms with Gasteiger partial charge in [0.25, 0.3) is 0 Å². The Morgan fingerprint density at radius 1 is 0.526 bits per heavy atom. The second-order valence-corrected chi connectivity index (χ2v) is 14.3. The van der Waals surface area contributed by atoms with Gasteiger partial charge < -0.3 is 8.83 Å². The molecule has 5 aliphatic carbocycles. The van der Waals surface area contributed by atoms with E-state index < -0.39 is 0 Å². The summed E-state index contributed by atoms with van der Waals surface area (Å²) >= 11 is 7.27. The normalized spacial score (nSPS) is 28.9. The van der Waals surface area contributed by atoms with E-state index in [1.54, 1.807) is 5.56 Å². The van der Waals surface area contributed by atoms with Crippen LogP contribution in [0.3, 0.4) is 0 Å². The third-order valence-corrected chi connectivity index (χ3v) is 11.7. The zero-order valence-corrected chi connectivity index (χ0v) is 23.9. The van der Waals surface area contributed by atoms with Crippen molar-refractivity contribution in [1.82, 2.24) is 0 Å². The Balaban J connectivity index is 1.34. The summed E-state index contributed by atoms with van der Waals surface area (Å²) in [6, 6.07) is 22.6. The van der Waals surface area contributed by atoms with Crippen LogP contribution in [-0.2, 0) is 5.41 Å². The first-order chi connectivity index (χ1) is 18.6. The zero-order chi connectivity index (χ0) is 24.9. The Kier molecular flexibility index (Phi) is 3.89. The van der Waals surface area contributed by atoms with Crippen LogP contribution in [0.1, 0.15) is 43.2 Å². The number of furan rings is 2. The second kappa shape index (κ2) is 6.95. The fraction of sp³-hybridized carbons (Fsp3) is 0.294. The van der Waals surface area contributed by atoms with Gasteiger partial charge in [-0.25, -0.2) is 0 Å². The van der Waals surface area contributed by atoms with Crippen molar-refractivity contribution < 1.29 is 8.83 Å². The van der Waals surface area contributed by atoms with Crippen LogP contribution >= 0.6 is 31.9 Å². The lowest BCUT2D eigenvalue weighted by molar-refractivity contribution is -0.0398. The molecule has 1 spiro atoms. The summed E-state index contributed by atoms with van der Waals surface area (Å²) in [4.78, 5) is 0. The summed E-state index contributed by atoms with van der Waals surface area (Å²) in [5, 5.41) is 4.87. The highest BCUT2D eigenvalue weighted by Crippen LogP contribution is 2.70. The molecule has 4 saturated carbocycles. The van der Waals surface area contributed by atoms with Crippen LogP contribution < -0.4 is 0 Å². The molecule has 0 aliphatic heterocycles. The van der Waals surface area contributed by atoms with E-state index in [2.05, 4.69) is 92.5 Å². The molecule has 2 aromatic heterocycles. The van der Waals surface area contributed by atoms with Crippen molar-refractivity contribution >= 4 is 75.7 Å². The van der Waals surface area contributed by atoms with Gasteiger partial charge in [0.15, 0.2) is 0 Å². The molecule has 5 aliphatic rings. The van der Waals surface area contributed by atoms with Crippen molar-refractivity contribution in [2.24, 2.45) is 23.7 Å². The molecule has 4 heteroatoms. The van der Waals surface area contributed by atoms with E-state index in [4.69, 9.17) is 8.83 Å². The summed E-state index contributed by atoms with van der Waals surface area (Å²) in [7, 11) is 0. The number of hydrogen-bond donors (Lipinski definition) is 0. The largest absolute Gasteiger partial charge is 0.456 e. The van der Waals surface area contributed by atoms with Crippen LogP contribution in [0.4, 0.5) is 0 Å². The maximum atomic E-state index is 6.52.